The second-order valence-corrected chi connectivity index (χ2v) is 3.12. The highest BCUT2D eigenvalue weighted by molar-refractivity contribution is 7.80. The number of nitriles is 1. The maximum Gasteiger partial charge on any atom is 0.339 e. The van der Waals surface area contributed by atoms with Crippen molar-refractivity contribution < 1.29 is 14.3 Å². The highest BCUT2D eigenvalue weighted by Gasteiger charge is 2.18. The molecule has 76 valence electrons. The number of methoxy groups -OCH3 is 1. The van der Waals surface area contributed by atoms with Gasteiger partial charge in [0.15, 0.2) is 6.29 Å². The van der Waals surface area contributed by atoms with Crippen molar-refractivity contribution in [2.24, 2.45) is 0 Å². The Hall–Kier alpha value is -1.80. The smallest absolute Gasteiger partial charge is 0.339 e. The number of rotatable bonds is 2. The third-order valence-corrected chi connectivity index (χ3v) is 2.22. The monoisotopic (exact) mass is 221 g/mol. The van der Waals surface area contributed by atoms with E-state index in [1.54, 1.807) is 0 Å². The number of carbonyl (C=O) groups is 2. The van der Waals surface area contributed by atoms with Crippen LogP contribution in [0.3, 0.4) is 0 Å². The first-order chi connectivity index (χ1) is 7.15. The van der Waals surface area contributed by atoms with Gasteiger partial charge in [-0.2, -0.15) is 5.26 Å². The minimum atomic E-state index is -0.681. The fourth-order valence-electron chi connectivity index (χ4n) is 1.14. The zero-order chi connectivity index (χ0) is 11.4. The van der Waals surface area contributed by atoms with Crippen LogP contribution < -0.4 is 0 Å². The molecular formula is C10H7NO3S. The van der Waals surface area contributed by atoms with E-state index in [1.807, 2.05) is 6.07 Å². The maximum absolute atomic E-state index is 11.3. The molecule has 0 saturated carbocycles. The van der Waals surface area contributed by atoms with Gasteiger partial charge in [-0.1, -0.05) is 0 Å². The highest BCUT2D eigenvalue weighted by atomic mass is 32.1. The lowest BCUT2D eigenvalue weighted by Crippen LogP contribution is -2.08. The van der Waals surface area contributed by atoms with Crippen LogP contribution in [-0.4, -0.2) is 19.4 Å². The van der Waals surface area contributed by atoms with Gasteiger partial charge >= 0.3 is 5.97 Å². The van der Waals surface area contributed by atoms with Crippen molar-refractivity contribution in [2.45, 2.75) is 4.90 Å². The fourth-order valence-corrected chi connectivity index (χ4v) is 1.43. The van der Waals surface area contributed by atoms with Crippen LogP contribution in [0.1, 0.15) is 26.3 Å². The summed E-state index contributed by atoms with van der Waals surface area (Å²) in [7, 11) is 1.20. The molecule has 0 bridgehead atoms. The number of nitrogens with zero attached hydrogens (tertiary/aromatic N) is 1. The van der Waals surface area contributed by atoms with Gasteiger partial charge in [-0.25, -0.2) is 4.79 Å². The molecule has 0 N–H and O–H groups in total. The Bertz CT molecular complexity index is 462. The Morgan fingerprint density at radius 3 is 2.73 bits per heavy atom. The second-order valence-electron chi connectivity index (χ2n) is 2.64. The number of hydrogen-bond donors (Lipinski definition) is 1. The zero-order valence-electron chi connectivity index (χ0n) is 7.85. The van der Waals surface area contributed by atoms with E-state index in [0.29, 0.717) is 11.2 Å². The standard InChI is InChI=1S/C10H7NO3S/c1-14-10(13)9-7(5-12)6(4-11)2-3-8(9)15/h2-3,5,15H,1H3. The van der Waals surface area contributed by atoms with E-state index in [9.17, 15) is 9.59 Å². The Labute approximate surface area is 91.9 Å². The molecule has 1 aromatic rings. The molecule has 1 aromatic carbocycles. The molecule has 0 fully saturated rings. The van der Waals surface area contributed by atoms with Crippen molar-refractivity contribution in [3.05, 3.63) is 28.8 Å². The number of hydrogen-bond acceptors (Lipinski definition) is 5. The maximum atomic E-state index is 11.3. The molecule has 0 aliphatic carbocycles. The van der Waals surface area contributed by atoms with Crippen LogP contribution in [0.4, 0.5) is 0 Å². The molecular weight excluding hydrogens is 214 g/mol. The Balaban J connectivity index is 3.54. The molecule has 0 saturated heterocycles. The number of esters is 1. The Kier molecular flexibility index (Phi) is 3.47. The normalized spacial score (nSPS) is 9.13. The summed E-state index contributed by atoms with van der Waals surface area (Å²) in [6.07, 6.45) is 0.449. The third-order valence-electron chi connectivity index (χ3n) is 1.85. The van der Waals surface area contributed by atoms with Gasteiger partial charge in [0.25, 0.3) is 0 Å². The van der Waals surface area contributed by atoms with E-state index < -0.39 is 5.97 Å². The molecule has 0 aliphatic rings. The molecule has 0 amide bonds. The van der Waals surface area contributed by atoms with E-state index >= 15 is 0 Å². The SMILES string of the molecule is COC(=O)c1c(S)ccc(C#N)c1C=O. The van der Waals surface area contributed by atoms with Crippen LogP contribution >= 0.6 is 12.6 Å². The van der Waals surface area contributed by atoms with Crippen molar-refractivity contribution >= 4 is 24.9 Å². The molecule has 0 aliphatic heterocycles. The van der Waals surface area contributed by atoms with Crippen molar-refractivity contribution in [2.75, 3.05) is 7.11 Å². The van der Waals surface area contributed by atoms with Gasteiger partial charge in [0.2, 0.25) is 0 Å². The van der Waals surface area contributed by atoms with Crippen molar-refractivity contribution in [1.29, 1.82) is 5.26 Å². The summed E-state index contributed by atoms with van der Waals surface area (Å²) in [4.78, 5) is 22.4. The van der Waals surface area contributed by atoms with Crippen molar-refractivity contribution in [1.82, 2.24) is 0 Å². The van der Waals surface area contributed by atoms with Gasteiger partial charge in [0.05, 0.1) is 24.3 Å². The molecule has 0 spiro atoms. The first kappa shape index (κ1) is 11.3. The van der Waals surface area contributed by atoms with Crippen LogP contribution in [0.15, 0.2) is 17.0 Å². The first-order valence-electron chi connectivity index (χ1n) is 3.95. The predicted molar refractivity (Wildman–Crippen MR) is 55.1 cm³/mol. The van der Waals surface area contributed by atoms with Gasteiger partial charge in [0.1, 0.15) is 0 Å². The Morgan fingerprint density at radius 2 is 2.27 bits per heavy atom. The summed E-state index contributed by atoms with van der Waals surface area (Å²) in [5, 5.41) is 8.73. The third kappa shape index (κ3) is 2.00. The van der Waals surface area contributed by atoms with E-state index in [1.165, 1.54) is 19.2 Å². The topological polar surface area (TPSA) is 67.2 Å². The lowest BCUT2D eigenvalue weighted by Gasteiger charge is -2.06. The largest absolute Gasteiger partial charge is 0.465 e. The number of thiol groups is 1. The second kappa shape index (κ2) is 4.62. The molecule has 5 heteroatoms. The minimum Gasteiger partial charge on any atom is -0.465 e. The van der Waals surface area contributed by atoms with Crippen LogP contribution in [-0.2, 0) is 4.74 Å². The molecule has 15 heavy (non-hydrogen) atoms. The summed E-state index contributed by atoms with van der Waals surface area (Å²) < 4.78 is 4.50. The van der Waals surface area contributed by atoms with Crippen LogP contribution in [0.2, 0.25) is 0 Å². The summed E-state index contributed by atoms with van der Waals surface area (Å²) >= 11 is 4.03. The molecule has 0 heterocycles. The van der Waals surface area contributed by atoms with E-state index in [2.05, 4.69) is 17.4 Å². The number of aldehydes is 1. The van der Waals surface area contributed by atoms with Crippen molar-refractivity contribution in [3.63, 3.8) is 0 Å². The molecule has 0 unspecified atom stereocenters. The minimum absolute atomic E-state index is 0.0110. The molecule has 4 nitrogen and oxygen atoms in total. The lowest BCUT2D eigenvalue weighted by molar-refractivity contribution is 0.0594. The predicted octanol–water partition coefficient (Wildman–Crippen LogP) is 1.45. The highest BCUT2D eigenvalue weighted by Crippen LogP contribution is 2.21. The Morgan fingerprint density at radius 1 is 1.60 bits per heavy atom. The summed E-state index contributed by atoms with van der Waals surface area (Å²) in [6, 6.07) is 4.72. The van der Waals surface area contributed by atoms with E-state index in [-0.39, 0.29) is 16.7 Å². The molecule has 0 aromatic heterocycles. The first-order valence-corrected chi connectivity index (χ1v) is 4.40. The zero-order valence-corrected chi connectivity index (χ0v) is 8.75. The van der Waals surface area contributed by atoms with Crippen LogP contribution in [0, 0.1) is 11.3 Å². The molecule has 0 atom stereocenters. The number of carbonyl (C=O) groups excluding carboxylic acids is 2. The average Bonchev–Trinajstić information content (AvgIpc) is 2.27. The summed E-state index contributed by atoms with van der Waals surface area (Å²) in [5.74, 6) is -0.681. The van der Waals surface area contributed by atoms with Crippen LogP contribution in [0.5, 0.6) is 0 Å². The van der Waals surface area contributed by atoms with Gasteiger partial charge in [-0.15, -0.1) is 12.6 Å². The molecule has 1 rings (SSSR count). The van der Waals surface area contributed by atoms with Gasteiger partial charge < -0.3 is 4.74 Å². The van der Waals surface area contributed by atoms with Gasteiger partial charge in [-0.3, -0.25) is 4.79 Å². The molecule has 0 radical (unpaired) electrons. The van der Waals surface area contributed by atoms with Gasteiger partial charge in [-0.05, 0) is 12.1 Å². The number of ether oxygens (including phenoxy) is 1. The van der Waals surface area contributed by atoms with E-state index in [0.717, 1.165) is 0 Å². The summed E-state index contributed by atoms with van der Waals surface area (Å²) in [5.41, 5.74) is 0.162. The number of benzene rings is 1. The lowest BCUT2D eigenvalue weighted by atomic mass is 10.0. The summed E-state index contributed by atoms with van der Waals surface area (Å²) in [6.45, 7) is 0. The van der Waals surface area contributed by atoms with E-state index in [4.69, 9.17) is 5.26 Å². The van der Waals surface area contributed by atoms with Gasteiger partial charge in [0, 0.05) is 10.5 Å². The van der Waals surface area contributed by atoms with Crippen LogP contribution in [0.25, 0.3) is 0 Å². The van der Waals surface area contributed by atoms with Crippen molar-refractivity contribution in [3.8, 4) is 6.07 Å². The fraction of sp³-hybridized carbons (Fsp3) is 0.100. The average molecular weight is 221 g/mol. The quantitative estimate of drug-likeness (QED) is 0.466.